The van der Waals surface area contributed by atoms with E-state index in [1.54, 1.807) is 0 Å². The van der Waals surface area contributed by atoms with E-state index in [4.69, 9.17) is 46.4 Å². The molecule has 0 aliphatic heterocycles. The van der Waals surface area contributed by atoms with E-state index in [1.165, 1.54) is 19.3 Å². The maximum atomic E-state index is 5.99. The summed E-state index contributed by atoms with van der Waals surface area (Å²) in [7, 11) is 0. The van der Waals surface area contributed by atoms with Gasteiger partial charge in [0.2, 0.25) is 0 Å². The Labute approximate surface area is 101 Å². The van der Waals surface area contributed by atoms with Gasteiger partial charge in [0.1, 0.15) is 0 Å². The minimum Gasteiger partial charge on any atom is -0.123 e. The van der Waals surface area contributed by atoms with E-state index < -0.39 is 3.79 Å². The van der Waals surface area contributed by atoms with Crippen molar-refractivity contribution in [1.82, 2.24) is 0 Å². The van der Waals surface area contributed by atoms with Crippen molar-refractivity contribution in [1.29, 1.82) is 0 Å². The molecule has 0 aromatic carbocycles. The van der Waals surface area contributed by atoms with E-state index in [0.717, 1.165) is 12.8 Å². The van der Waals surface area contributed by atoms with Gasteiger partial charge in [0.15, 0.2) is 3.79 Å². The van der Waals surface area contributed by atoms with Crippen LogP contribution >= 0.6 is 46.4 Å². The summed E-state index contributed by atoms with van der Waals surface area (Å²) in [5.41, 5.74) is 0. The Balaban J connectivity index is 3.35. The van der Waals surface area contributed by atoms with Crippen LogP contribution in [0.3, 0.4) is 0 Å². The second kappa shape index (κ2) is 7.45. The lowest BCUT2D eigenvalue weighted by atomic mass is 10.1. The van der Waals surface area contributed by atoms with Crippen LogP contribution in [-0.4, -0.2) is 9.17 Å². The van der Waals surface area contributed by atoms with E-state index in [9.17, 15) is 0 Å². The highest BCUT2D eigenvalue weighted by Gasteiger charge is 2.23. The molecule has 0 heterocycles. The molecule has 0 saturated carbocycles. The molecule has 0 aliphatic carbocycles. The van der Waals surface area contributed by atoms with Gasteiger partial charge in [-0.25, -0.2) is 0 Å². The predicted octanol–water partition coefficient (Wildman–Crippen LogP) is 5.32. The van der Waals surface area contributed by atoms with Crippen LogP contribution in [0.5, 0.6) is 0 Å². The lowest BCUT2D eigenvalue weighted by Crippen LogP contribution is -2.11. The van der Waals surface area contributed by atoms with Gasteiger partial charge in [-0.3, -0.25) is 0 Å². The molecule has 0 aromatic rings. The van der Waals surface area contributed by atoms with Crippen LogP contribution in [0.2, 0.25) is 0 Å². The molecule has 0 aliphatic rings. The summed E-state index contributed by atoms with van der Waals surface area (Å²) in [6.45, 7) is 2.18. The zero-order valence-corrected chi connectivity index (χ0v) is 10.9. The number of hydrogen-bond donors (Lipinski definition) is 0. The molecule has 0 saturated heterocycles. The van der Waals surface area contributed by atoms with Crippen molar-refractivity contribution >= 4 is 46.4 Å². The largest absolute Gasteiger partial charge is 0.192 e. The molecular weight excluding hydrogens is 250 g/mol. The van der Waals surface area contributed by atoms with Crippen LogP contribution in [0.1, 0.15) is 45.4 Å². The highest BCUT2D eigenvalue weighted by atomic mass is 35.6. The molecule has 0 radical (unpaired) electrons. The van der Waals surface area contributed by atoms with Crippen LogP contribution in [0.15, 0.2) is 0 Å². The van der Waals surface area contributed by atoms with Crippen LogP contribution in [-0.2, 0) is 0 Å². The van der Waals surface area contributed by atoms with Crippen molar-refractivity contribution in [2.75, 3.05) is 0 Å². The molecule has 0 aromatic heterocycles. The van der Waals surface area contributed by atoms with E-state index >= 15 is 0 Å². The minimum absolute atomic E-state index is 0.00986. The van der Waals surface area contributed by atoms with E-state index in [0.29, 0.717) is 6.42 Å². The molecule has 0 spiro atoms. The lowest BCUT2D eigenvalue weighted by molar-refractivity contribution is 0.598. The van der Waals surface area contributed by atoms with Gasteiger partial charge in [0, 0.05) is 11.8 Å². The maximum absolute atomic E-state index is 5.99. The number of halogens is 4. The van der Waals surface area contributed by atoms with Crippen molar-refractivity contribution < 1.29 is 0 Å². The van der Waals surface area contributed by atoms with Crippen molar-refractivity contribution in [3.63, 3.8) is 0 Å². The summed E-state index contributed by atoms with van der Waals surface area (Å²) >= 11 is 22.8. The highest BCUT2D eigenvalue weighted by Crippen LogP contribution is 2.34. The zero-order chi connectivity index (χ0) is 10.3. The van der Waals surface area contributed by atoms with Gasteiger partial charge < -0.3 is 0 Å². The molecule has 1 atom stereocenters. The summed E-state index contributed by atoms with van der Waals surface area (Å²) in [6, 6.07) is 0. The van der Waals surface area contributed by atoms with Crippen molar-refractivity contribution in [2.45, 2.75) is 54.6 Å². The quantitative estimate of drug-likeness (QED) is 0.450. The molecule has 0 fully saturated rings. The second-order valence-corrected chi connectivity index (χ2v) is 6.40. The van der Waals surface area contributed by atoms with Crippen LogP contribution in [0, 0.1) is 0 Å². The van der Waals surface area contributed by atoms with Gasteiger partial charge in [-0.15, -0.1) is 11.6 Å². The molecule has 0 nitrogen and oxygen atoms in total. The molecule has 0 N–H and O–H groups in total. The fourth-order valence-corrected chi connectivity index (χ4v) is 2.33. The standard InChI is InChI=1S/C9H16Cl4/c1-2-3-4-5-6-8(10)7-9(11,12)13/h8H,2-7H2,1H3/t8-/m0/s1. The number of alkyl halides is 4. The summed E-state index contributed by atoms with van der Waals surface area (Å²) in [6.07, 6.45) is 6.22. The third kappa shape index (κ3) is 11.1. The fraction of sp³-hybridized carbons (Fsp3) is 1.00. The Hall–Kier alpha value is 1.16. The summed E-state index contributed by atoms with van der Waals surface area (Å²) < 4.78 is -1.20. The topological polar surface area (TPSA) is 0 Å². The maximum Gasteiger partial charge on any atom is 0.192 e. The van der Waals surface area contributed by atoms with Crippen molar-refractivity contribution in [3.05, 3.63) is 0 Å². The number of hydrogen-bond acceptors (Lipinski definition) is 0. The molecule has 4 heteroatoms. The van der Waals surface area contributed by atoms with Crippen LogP contribution in [0.4, 0.5) is 0 Å². The molecule has 0 amide bonds. The normalized spacial score (nSPS) is 14.5. The SMILES string of the molecule is CCCCCC[C@H](Cl)CC(Cl)(Cl)Cl. The Kier molecular flexibility index (Phi) is 8.12. The van der Waals surface area contributed by atoms with Gasteiger partial charge in [0.25, 0.3) is 0 Å². The lowest BCUT2D eigenvalue weighted by Gasteiger charge is -2.15. The molecular formula is C9H16Cl4. The average Bonchev–Trinajstić information content (AvgIpc) is 1.94. The zero-order valence-electron chi connectivity index (χ0n) is 7.83. The number of rotatable bonds is 6. The van der Waals surface area contributed by atoms with E-state index in [1.807, 2.05) is 0 Å². The Bertz CT molecular complexity index is 119. The van der Waals surface area contributed by atoms with Crippen molar-refractivity contribution in [2.24, 2.45) is 0 Å². The predicted molar refractivity (Wildman–Crippen MR) is 63.3 cm³/mol. The average molecular weight is 266 g/mol. The van der Waals surface area contributed by atoms with Gasteiger partial charge in [-0.1, -0.05) is 67.4 Å². The fourth-order valence-electron chi connectivity index (χ4n) is 1.15. The van der Waals surface area contributed by atoms with Gasteiger partial charge in [0.05, 0.1) is 0 Å². The third-order valence-electron chi connectivity index (χ3n) is 1.82. The summed E-state index contributed by atoms with van der Waals surface area (Å²) in [5, 5.41) is -0.00986. The van der Waals surface area contributed by atoms with Gasteiger partial charge >= 0.3 is 0 Å². The number of unbranched alkanes of at least 4 members (excludes halogenated alkanes) is 3. The van der Waals surface area contributed by atoms with Crippen molar-refractivity contribution in [3.8, 4) is 0 Å². The van der Waals surface area contributed by atoms with E-state index in [-0.39, 0.29) is 5.38 Å². The first-order valence-electron chi connectivity index (χ1n) is 4.66. The van der Waals surface area contributed by atoms with Crippen LogP contribution in [0.25, 0.3) is 0 Å². The minimum atomic E-state index is -1.20. The van der Waals surface area contributed by atoms with Gasteiger partial charge in [-0.2, -0.15) is 0 Å². The molecule has 13 heavy (non-hydrogen) atoms. The second-order valence-electron chi connectivity index (χ2n) is 3.27. The van der Waals surface area contributed by atoms with Crippen LogP contribution < -0.4 is 0 Å². The summed E-state index contributed by atoms with van der Waals surface area (Å²) in [5.74, 6) is 0. The Morgan fingerprint density at radius 1 is 1.08 bits per heavy atom. The first kappa shape index (κ1) is 14.2. The molecule has 80 valence electrons. The smallest absolute Gasteiger partial charge is 0.123 e. The van der Waals surface area contributed by atoms with E-state index in [2.05, 4.69) is 6.92 Å². The van der Waals surface area contributed by atoms with Gasteiger partial charge in [-0.05, 0) is 6.42 Å². The monoisotopic (exact) mass is 264 g/mol. The Morgan fingerprint density at radius 3 is 2.15 bits per heavy atom. The first-order valence-corrected chi connectivity index (χ1v) is 6.23. The molecule has 0 bridgehead atoms. The molecule has 0 rings (SSSR count). The Morgan fingerprint density at radius 2 is 1.69 bits per heavy atom. The highest BCUT2D eigenvalue weighted by molar-refractivity contribution is 6.67. The first-order chi connectivity index (χ1) is 5.95. The molecule has 0 unspecified atom stereocenters. The summed E-state index contributed by atoms with van der Waals surface area (Å²) in [4.78, 5) is 0. The third-order valence-corrected chi connectivity index (χ3v) is 2.66.